The fourth-order valence-corrected chi connectivity index (χ4v) is 3.67. The van der Waals surface area contributed by atoms with Crippen molar-refractivity contribution in [3.05, 3.63) is 95.1 Å². The molecule has 1 aliphatic carbocycles. The Morgan fingerprint density at radius 2 is 1.29 bits per heavy atom. The van der Waals surface area contributed by atoms with Gasteiger partial charge in [-0.1, -0.05) is 148 Å². The molecule has 3 rings (SSSR count). The highest BCUT2D eigenvalue weighted by Gasteiger charge is 2.02. The summed E-state index contributed by atoms with van der Waals surface area (Å²) in [5.74, 6) is 0.518. The Kier molecular flexibility index (Phi) is 23.3. The van der Waals surface area contributed by atoms with Crippen molar-refractivity contribution < 1.29 is 0 Å². The van der Waals surface area contributed by atoms with E-state index in [2.05, 4.69) is 122 Å². The van der Waals surface area contributed by atoms with E-state index in [-0.39, 0.29) is 0 Å². The van der Waals surface area contributed by atoms with Crippen LogP contribution < -0.4 is 5.32 Å². The zero-order valence-electron chi connectivity index (χ0n) is 27.1. The van der Waals surface area contributed by atoms with E-state index in [4.69, 9.17) is 0 Å². The van der Waals surface area contributed by atoms with Crippen LogP contribution in [0.2, 0.25) is 0 Å². The van der Waals surface area contributed by atoms with Gasteiger partial charge < -0.3 is 5.32 Å². The van der Waals surface area contributed by atoms with E-state index in [1.165, 1.54) is 83.9 Å². The molecule has 0 atom stereocenters. The van der Waals surface area contributed by atoms with Crippen LogP contribution in [0.1, 0.15) is 121 Å². The highest BCUT2D eigenvalue weighted by Crippen LogP contribution is 2.21. The molecule has 0 unspecified atom stereocenters. The van der Waals surface area contributed by atoms with Crippen LogP contribution in [-0.2, 0) is 0 Å². The molecule has 0 radical (unpaired) electrons. The van der Waals surface area contributed by atoms with Crippen molar-refractivity contribution in [3.8, 4) is 0 Å². The number of benzene rings is 2. The van der Waals surface area contributed by atoms with Crippen LogP contribution in [0.4, 0.5) is 0 Å². The van der Waals surface area contributed by atoms with Gasteiger partial charge in [0.05, 0.1) is 0 Å². The molecule has 1 nitrogen and oxygen atoms in total. The molecule has 214 valence electrons. The maximum Gasteiger partial charge on any atom is 0.0338 e. The van der Waals surface area contributed by atoms with Gasteiger partial charge in [-0.3, -0.25) is 0 Å². The lowest BCUT2D eigenvalue weighted by molar-refractivity contribution is 0.504. The normalized spacial score (nSPS) is 12.2. The lowest BCUT2D eigenvalue weighted by Crippen LogP contribution is -2.02. The summed E-state index contributed by atoms with van der Waals surface area (Å²) < 4.78 is 0. The number of allylic oxidation sites excluding steroid dienone is 3. The molecule has 0 spiro atoms. The average molecular weight is 520 g/mol. The Morgan fingerprint density at radius 3 is 1.68 bits per heavy atom. The number of hydrogen-bond acceptors (Lipinski definition) is 1. The molecule has 0 heterocycles. The lowest BCUT2D eigenvalue weighted by Gasteiger charge is -2.09. The summed E-state index contributed by atoms with van der Waals surface area (Å²) in [6.45, 7) is 29.1. The van der Waals surface area contributed by atoms with Gasteiger partial charge in [-0.2, -0.15) is 0 Å². The number of nitrogens with one attached hydrogen (secondary N) is 1. The molecule has 1 aliphatic rings. The summed E-state index contributed by atoms with van der Waals surface area (Å²) in [4.78, 5) is 0. The smallest absolute Gasteiger partial charge is 0.0338 e. The fraction of sp³-hybridized carbons (Fsp3) is 0.514. The van der Waals surface area contributed by atoms with Crippen molar-refractivity contribution in [1.29, 1.82) is 0 Å². The summed E-state index contributed by atoms with van der Waals surface area (Å²) >= 11 is 0. The first kappa shape index (κ1) is 37.6. The van der Waals surface area contributed by atoms with Crippen LogP contribution in [-0.4, -0.2) is 7.05 Å². The van der Waals surface area contributed by atoms with Gasteiger partial charge in [0.2, 0.25) is 0 Å². The maximum absolute atomic E-state index is 4.07. The van der Waals surface area contributed by atoms with E-state index in [0.717, 1.165) is 5.70 Å². The van der Waals surface area contributed by atoms with Crippen molar-refractivity contribution in [2.24, 2.45) is 5.92 Å². The van der Waals surface area contributed by atoms with E-state index in [1.807, 2.05) is 20.9 Å². The quantitative estimate of drug-likeness (QED) is 0.387. The zero-order chi connectivity index (χ0) is 29.5. The third-order valence-corrected chi connectivity index (χ3v) is 6.37. The average Bonchev–Trinajstić information content (AvgIpc) is 2.93. The zero-order valence-corrected chi connectivity index (χ0v) is 27.1. The van der Waals surface area contributed by atoms with E-state index in [1.54, 1.807) is 0 Å². The Hall–Kier alpha value is -2.54. The Bertz CT molecular complexity index is 914. The molecule has 38 heavy (non-hydrogen) atoms. The molecule has 1 saturated carbocycles. The van der Waals surface area contributed by atoms with E-state index < -0.39 is 0 Å². The minimum atomic E-state index is 0.518. The van der Waals surface area contributed by atoms with Crippen LogP contribution in [0.5, 0.6) is 0 Å². The number of rotatable bonds is 5. The Morgan fingerprint density at radius 1 is 0.816 bits per heavy atom. The predicted molar refractivity (Wildman–Crippen MR) is 178 cm³/mol. The highest BCUT2D eigenvalue weighted by atomic mass is 14.8. The van der Waals surface area contributed by atoms with Crippen LogP contribution in [0.3, 0.4) is 0 Å². The largest absolute Gasteiger partial charge is 0.388 e. The second kappa shape index (κ2) is 23.6. The van der Waals surface area contributed by atoms with Gasteiger partial charge in [-0.15, -0.1) is 0 Å². The first-order valence-electron chi connectivity index (χ1n) is 15.0. The molecule has 1 fully saturated rings. The molecule has 0 saturated heterocycles. The van der Waals surface area contributed by atoms with Crippen molar-refractivity contribution in [2.75, 3.05) is 7.05 Å². The van der Waals surface area contributed by atoms with Crippen LogP contribution in [0.25, 0.3) is 11.3 Å². The summed E-state index contributed by atoms with van der Waals surface area (Å²) in [5, 5.41) is 3.03. The molecule has 2 aromatic carbocycles. The molecule has 0 aliphatic heterocycles. The van der Waals surface area contributed by atoms with Crippen LogP contribution >= 0.6 is 0 Å². The van der Waals surface area contributed by atoms with Crippen molar-refractivity contribution in [2.45, 2.75) is 114 Å². The van der Waals surface area contributed by atoms with Crippen LogP contribution in [0.15, 0.2) is 67.3 Å². The van der Waals surface area contributed by atoms with Crippen molar-refractivity contribution in [3.63, 3.8) is 0 Å². The van der Waals surface area contributed by atoms with E-state index >= 15 is 0 Å². The van der Waals surface area contributed by atoms with Gasteiger partial charge in [0.15, 0.2) is 0 Å². The second-order valence-corrected chi connectivity index (χ2v) is 10.2. The second-order valence-electron chi connectivity index (χ2n) is 10.2. The molecule has 0 bridgehead atoms. The summed E-state index contributed by atoms with van der Waals surface area (Å²) in [5.41, 5.74) is 9.90. The van der Waals surface area contributed by atoms with Crippen LogP contribution in [0, 0.1) is 26.7 Å². The third-order valence-electron chi connectivity index (χ3n) is 6.37. The molecule has 0 aromatic heterocycles. The first-order valence-corrected chi connectivity index (χ1v) is 15.0. The molecular weight excluding hydrogens is 458 g/mol. The summed E-state index contributed by atoms with van der Waals surface area (Å²) in [7, 11) is 1.89. The predicted octanol–water partition coefficient (Wildman–Crippen LogP) is 11.9. The van der Waals surface area contributed by atoms with E-state index in [9.17, 15) is 0 Å². The number of hydrogen-bond donors (Lipinski definition) is 1. The topological polar surface area (TPSA) is 12.0 Å². The van der Waals surface area contributed by atoms with E-state index in [0.29, 0.717) is 5.92 Å². The molecule has 1 N–H and O–H groups in total. The fourth-order valence-electron chi connectivity index (χ4n) is 3.67. The molecule has 2 aromatic rings. The first-order chi connectivity index (χ1) is 18.1. The van der Waals surface area contributed by atoms with Crippen molar-refractivity contribution >= 4 is 11.3 Å². The van der Waals surface area contributed by atoms with Crippen molar-refractivity contribution in [1.82, 2.24) is 5.32 Å². The van der Waals surface area contributed by atoms with Gasteiger partial charge in [0.25, 0.3) is 0 Å². The molecule has 1 heteroatoms. The minimum Gasteiger partial charge on any atom is -0.388 e. The molecular formula is C37H61N. The summed E-state index contributed by atoms with van der Waals surface area (Å²) in [6.07, 6.45) is 12.4. The SMILES string of the molecule is C1CCCCC1.C=C(/C=C(/C)c1ccccc1C)C(C)C.C=C(NC)c1ccc(C)c(C)c1.CC.CCC. The standard InChI is InChI=1S/C15H20.C11H15N.C6H12.C3H8.C2H6/c1-11(2)13(4)10-14(5)15-9-7-6-8-12(15)3;1-8-5-6-11(7-9(8)2)10(3)12-4;1-2-4-6-5-3-1;1-3-2;1-2/h6-11H,4H2,1-3,5H3;5-7,12H,3H2,1-2,4H3;1-6H2;3H2,1-2H3;1-2H3/b14-10-;;;;. The minimum absolute atomic E-state index is 0.518. The van der Waals surface area contributed by atoms with Gasteiger partial charge in [-0.25, -0.2) is 0 Å². The Labute approximate surface area is 238 Å². The van der Waals surface area contributed by atoms with Gasteiger partial charge >= 0.3 is 0 Å². The number of aryl methyl sites for hydroxylation is 3. The third kappa shape index (κ3) is 17.1. The maximum atomic E-state index is 4.07. The molecule has 0 amide bonds. The monoisotopic (exact) mass is 519 g/mol. The summed E-state index contributed by atoms with van der Waals surface area (Å²) in [6, 6.07) is 14.8. The lowest BCUT2D eigenvalue weighted by atomic mass is 9.97. The highest BCUT2D eigenvalue weighted by molar-refractivity contribution is 5.68. The van der Waals surface area contributed by atoms with Gasteiger partial charge in [-0.05, 0) is 73.1 Å². The van der Waals surface area contributed by atoms with Gasteiger partial charge in [0, 0.05) is 12.7 Å². The Balaban J connectivity index is 0. The van der Waals surface area contributed by atoms with Gasteiger partial charge in [0.1, 0.15) is 0 Å².